The lowest BCUT2D eigenvalue weighted by Gasteiger charge is -2.18. The third kappa shape index (κ3) is 5.04. The lowest BCUT2D eigenvalue weighted by molar-refractivity contribution is -0.202. The van der Waals surface area contributed by atoms with E-state index < -0.39 is 36.7 Å². The maximum absolute atomic E-state index is 12.9. The fourth-order valence-electron chi connectivity index (χ4n) is 1.25. The van der Waals surface area contributed by atoms with Crippen LogP contribution in [0.2, 0.25) is 0 Å². The Kier molecular flexibility index (Phi) is 5.32. The molecule has 0 aliphatic rings. The molecule has 1 amide bonds. The highest BCUT2D eigenvalue weighted by molar-refractivity contribution is 5.80. The molecular formula is C12H13F4NO3. The predicted molar refractivity (Wildman–Crippen MR) is 61.6 cm³/mol. The van der Waals surface area contributed by atoms with Crippen LogP contribution in [-0.4, -0.2) is 35.9 Å². The minimum atomic E-state index is -4.81. The van der Waals surface area contributed by atoms with Crippen molar-refractivity contribution in [3.63, 3.8) is 0 Å². The van der Waals surface area contributed by atoms with Gasteiger partial charge in [-0.3, -0.25) is 4.79 Å². The molecule has 4 nitrogen and oxygen atoms in total. The van der Waals surface area contributed by atoms with E-state index in [1.54, 1.807) is 0 Å². The molecule has 2 unspecified atom stereocenters. The Balaban J connectivity index is 2.47. The summed E-state index contributed by atoms with van der Waals surface area (Å²) in [5, 5.41) is 10.6. The zero-order valence-electron chi connectivity index (χ0n) is 10.4. The maximum Gasteiger partial charge on any atom is 0.416 e. The SMILES string of the molecule is CC(Oc1cccc(F)c1)C(=O)NCC(O)C(F)(F)F. The topological polar surface area (TPSA) is 58.6 Å². The van der Waals surface area contributed by atoms with Crippen molar-refractivity contribution >= 4 is 5.91 Å². The first kappa shape index (κ1) is 16.2. The number of carbonyl (C=O) groups is 1. The monoisotopic (exact) mass is 295 g/mol. The first-order valence-corrected chi connectivity index (χ1v) is 5.65. The van der Waals surface area contributed by atoms with Gasteiger partial charge >= 0.3 is 6.18 Å². The van der Waals surface area contributed by atoms with Gasteiger partial charge < -0.3 is 15.2 Å². The fraction of sp³-hybridized carbons (Fsp3) is 0.417. The Morgan fingerprint density at radius 1 is 1.45 bits per heavy atom. The summed E-state index contributed by atoms with van der Waals surface area (Å²) in [4.78, 5) is 11.5. The van der Waals surface area contributed by atoms with Gasteiger partial charge in [0.05, 0.1) is 6.54 Å². The molecule has 0 aromatic heterocycles. The van der Waals surface area contributed by atoms with Crippen LogP contribution in [0.4, 0.5) is 17.6 Å². The largest absolute Gasteiger partial charge is 0.481 e. The molecule has 0 bridgehead atoms. The van der Waals surface area contributed by atoms with E-state index in [1.165, 1.54) is 25.1 Å². The molecule has 8 heteroatoms. The van der Waals surface area contributed by atoms with Crippen molar-refractivity contribution < 1.29 is 32.2 Å². The third-order valence-electron chi connectivity index (χ3n) is 2.33. The number of ether oxygens (including phenoxy) is 1. The molecule has 1 aromatic carbocycles. The number of alkyl halides is 3. The number of hydrogen-bond donors (Lipinski definition) is 2. The van der Waals surface area contributed by atoms with Crippen molar-refractivity contribution in [2.75, 3.05) is 6.54 Å². The number of carbonyl (C=O) groups excluding carboxylic acids is 1. The number of nitrogens with one attached hydrogen (secondary N) is 1. The van der Waals surface area contributed by atoms with Crippen LogP contribution in [0.5, 0.6) is 5.75 Å². The molecule has 2 N–H and O–H groups in total. The molecule has 2 atom stereocenters. The van der Waals surface area contributed by atoms with Gasteiger partial charge in [-0.15, -0.1) is 0 Å². The van der Waals surface area contributed by atoms with E-state index in [1.807, 2.05) is 5.32 Å². The van der Waals surface area contributed by atoms with Gasteiger partial charge in [-0.05, 0) is 19.1 Å². The van der Waals surface area contributed by atoms with Crippen molar-refractivity contribution in [2.45, 2.75) is 25.3 Å². The van der Waals surface area contributed by atoms with E-state index >= 15 is 0 Å². The zero-order valence-corrected chi connectivity index (χ0v) is 10.4. The normalized spacial score (nSPS) is 14.5. The number of rotatable bonds is 5. The Labute approximate surface area is 112 Å². The highest BCUT2D eigenvalue weighted by Crippen LogP contribution is 2.19. The summed E-state index contributed by atoms with van der Waals surface area (Å²) in [5.41, 5.74) is 0. The van der Waals surface area contributed by atoms with Crippen LogP contribution in [0.25, 0.3) is 0 Å². The van der Waals surface area contributed by atoms with E-state index in [2.05, 4.69) is 0 Å². The summed E-state index contributed by atoms with van der Waals surface area (Å²) in [6.07, 6.45) is -8.58. The second-order valence-corrected chi connectivity index (χ2v) is 4.02. The van der Waals surface area contributed by atoms with Crippen molar-refractivity contribution in [1.29, 1.82) is 0 Å². The van der Waals surface area contributed by atoms with Crippen LogP contribution in [0.15, 0.2) is 24.3 Å². The molecule has 1 aromatic rings. The second kappa shape index (κ2) is 6.56. The summed E-state index contributed by atoms with van der Waals surface area (Å²) in [6, 6.07) is 4.98. The fourth-order valence-corrected chi connectivity index (χ4v) is 1.25. The molecule has 0 spiro atoms. The van der Waals surface area contributed by atoms with Crippen molar-refractivity contribution in [3.8, 4) is 5.75 Å². The standard InChI is InChI=1S/C12H13F4NO3/c1-7(20-9-4-2-3-8(13)5-9)11(19)17-6-10(18)12(14,15)16/h2-5,7,10,18H,6H2,1H3,(H,17,19). The third-order valence-corrected chi connectivity index (χ3v) is 2.33. The number of amides is 1. The van der Waals surface area contributed by atoms with Crippen LogP contribution in [-0.2, 0) is 4.79 Å². The van der Waals surface area contributed by atoms with Gasteiger partial charge in [-0.1, -0.05) is 6.07 Å². The Morgan fingerprint density at radius 3 is 2.65 bits per heavy atom. The number of aliphatic hydroxyl groups is 1. The van der Waals surface area contributed by atoms with Crippen LogP contribution in [0.1, 0.15) is 6.92 Å². The molecule has 1 rings (SSSR count). The molecule has 20 heavy (non-hydrogen) atoms. The Hall–Kier alpha value is -1.83. The highest BCUT2D eigenvalue weighted by atomic mass is 19.4. The molecule has 0 saturated heterocycles. The predicted octanol–water partition coefficient (Wildman–Crippen LogP) is 1.63. The van der Waals surface area contributed by atoms with Gasteiger partial charge in [0, 0.05) is 6.07 Å². The molecular weight excluding hydrogens is 282 g/mol. The van der Waals surface area contributed by atoms with Gasteiger partial charge in [0.15, 0.2) is 12.2 Å². The number of benzene rings is 1. The first-order chi connectivity index (χ1) is 9.20. The second-order valence-electron chi connectivity index (χ2n) is 4.02. The lowest BCUT2D eigenvalue weighted by atomic mass is 10.3. The lowest BCUT2D eigenvalue weighted by Crippen LogP contribution is -2.44. The van der Waals surface area contributed by atoms with E-state index in [9.17, 15) is 22.4 Å². The van der Waals surface area contributed by atoms with Gasteiger partial charge in [0.2, 0.25) is 0 Å². The van der Waals surface area contributed by atoms with Crippen molar-refractivity contribution in [1.82, 2.24) is 5.32 Å². The molecule has 0 fully saturated rings. The quantitative estimate of drug-likeness (QED) is 0.812. The molecule has 0 saturated carbocycles. The maximum atomic E-state index is 12.9. The molecule has 112 valence electrons. The Bertz CT molecular complexity index is 464. The van der Waals surface area contributed by atoms with Crippen LogP contribution in [0.3, 0.4) is 0 Å². The van der Waals surface area contributed by atoms with Crippen LogP contribution >= 0.6 is 0 Å². The number of halogens is 4. The average Bonchev–Trinajstić information content (AvgIpc) is 2.34. The van der Waals surface area contributed by atoms with E-state index in [4.69, 9.17) is 9.84 Å². The Morgan fingerprint density at radius 2 is 2.10 bits per heavy atom. The molecule has 0 aliphatic heterocycles. The number of aliphatic hydroxyl groups excluding tert-OH is 1. The molecule has 0 radical (unpaired) electrons. The summed E-state index contributed by atoms with van der Waals surface area (Å²) >= 11 is 0. The van der Waals surface area contributed by atoms with Gasteiger partial charge in [-0.25, -0.2) is 4.39 Å². The van der Waals surface area contributed by atoms with E-state index in [0.29, 0.717) is 0 Å². The van der Waals surface area contributed by atoms with Crippen LogP contribution < -0.4 is 10.1 Å². The summed E-state index contributed by atoms with van der Waals surface area (Å²) in [5.74, 6) is -1.34. The zero-order chi connectivity index (χ0) is 15.3. The van der Waals surface area contributed by atoms with Gasteiger partial charge in [0.25, 0.3) is 5.91 Å². The summed E-state index contributed by atoms with van der Waals surface area (Å²) in [6.45, 7) is 0.319. The van der Waals surface area contributed by atoms with E-state index in [-0.39, 0.29) is 5.75 Å². The van der Waals surface area contributed by atoms with Gasteiger partial charge in [-0.2, -0.15) is 13.2 Å². The van der Waals surface area contributed by atoms with Crippen molar-refractivity contribution in [2.24, 2.45) is 0 Å². The van der Waals surface area contributed by atoms with Gasteiger partial charge in [0.1, 0.15) is 11.6 Å². The minimum Gasteiger partial charge on any atom is -0.481 e. The molecule has 0 heterocycles. The summed E-state index contributed by atoms with van der Waals surface area (Å²) in [7, 11) is 0. The summed E-state index contributed by atoms with van der Waals surface area (Å²) < 4.78 is 54.0. The smallest absolute Gasteiger partial charge is 0.416 e. The van der Waals surface area contributed by atoms with E-state index in [0.717, 1.165) is 6.07 Å². The molecule has 0 aliphatic carbocycles. The minimum absolute atomic E-state index is 0.0732. The first-order valence-electron chi connectivity index (χ1n) is 5.65. The van der Waals surface area contributed by atoms with Crippen molar-refractivity contribution in [3.05, 3.63) is 30.1 Å². The van der Waals surface area contributed by atoms with Crippen LogP contribution in [0, 0.1) is 5.82 Å². The highest BCUT2D eigenvalue weighted by Gasteiger charge is 2.38. The number of hydrogen-bond acceptors (Lipinski definition) is 3. The average molecular weight is 295 g/mol.